The predicted octanol–water partition coefficient (Wildman–Crippen LogP) is 1.99. The Balaban J connectivity index is 3.26. The number of carbonyl (C=O) groups excluding carboxylic acids is 1. The summed E-state index contributed by atoms with van der Waals surface area (Å²) in [5.41, 5.74) is 0. The van der Waals surface area contributed by atoms with Crippen LogP contribution in [0.15, 0.2) is 0 Å². The van der Waals surface area contributed by atoms with E-state index in [1.54, 1.807) is 6.92 Å². The quantitative estimate of drug-likeness (QED) is 0.564. The lowest BCUT2D eigenvalue weighted by atomic mass is 10.1. The highest BCUT2D eigenvalue weighted by molar-refractivity contribution is 5.68. The SMILES string of the molecule is CCC(=O)OCC(C)CC. The van der Waals surface area contributed by atoms with Gasteiger partial charge in [0.2, 0.25) is 0 Å². The first kappa shape index (κ1) is 9.47. The molecule has 0 aliphatic rings. The molecule has 0 N–H and O–H groups in total. The molecule has 0 rings (SSSR count). The largest absolute Gasteiger partial charge is 0.465 e. The van der Waals surface area contributed by atoms with Gasteiger partial charge in [0.15, 0.2) is 0 Å². The van der Waals surface area contributed by atoms with Gasteiger partial charge < -0.3 is 4.74 Å². The lowest BCUT2D eigenvalue weighted by Gasteiger charge is -2.07. The predicted molar refractivity (Wildman–Crippen MR) is 40.7 cm³/mol. The van der Waals surface area contributed by atoms with E-state index < -0.39 is 0 Å². The van der Waals surface area contributed by atoms with Gasteiger partial charge >= 0.3 is 5.97 Å². The molecular weight excluding hydrogens is 128 g/mol. The van der Waals surface area contributed by atoms with Gasteiger partial charge in [-0.3, -0.25) is 4.79 Å². The highest BCUT2D eigenvalue weighted by Gasteiger charge is 2.01. The molecule has 0 aromatic rings. The average molecular weight is 144 g/mol. The van der Waals surface area contributed by atoms with Crippen molar-refractivity contribution in [2.24, 2.45) is 5.92 Å². The fourth-order valence-corrected chi connectivity index (χ4v) is 0.455. The van der Waals surface area contributed by atoms with Crippen molar-refractivity contribution in [2.45, 2.75) is 33.6 Å². The maximum Gasteiger partial charge on any atom is 0.305 e. The molecule has 2 nitrogen and oxygen atoms in total. The lowest BCUT2D eigenvalue weighted by Crippen LogP contribution is -2.09. The Labute approximate surface area is 62.6 Å². The summed E-state index contributed by atoms with van der Waals surface area (Å²) in [4.78, 5) is 10.6. The van der Waals surface area contributed by atoms with Gasteiger partial charge in [0, 0.05) is 6.42 Å². The minimum Gasteiger partial charge on any atom is -0.465 e. The van der Waals surface area contributed by atoms with Crippen molar-refractivity contribution in [3.05, 3.63) is 0 Å². The third-order valence-corrected chi connectivity index (χ3v) is 1.51. The Kier molecular flexibility index (Phi) is 4.99. The van der Waals surface area contributed by atoms with Crippen molar-refractivity contribution in [3.8, 4) is 0 Å². The average Bonchev–Trinajstić information content (AvgIpc) is 1.99. The van der Waals surface area contributed by atoms with E-state index >= 15 is 0 Å². The van der Waals surface area contributed by atoms with Gasteiger partial charge in [-0.1, -0.05) is 27.2 Å². The van der Waals surface area contributed by atoms with E-state index in [0.717, 1.165) is 6.42 Å². The Bertz CT molecular complexity index is 99.4. The first-order valence-electron chi connectivity index (χ1n) is 3.86. The van der Waals surface area contributed by atoms with Crippen LogP contribution in [0.25, 0.3) is 0 Å². The van der Waals surface area contributed by atoms with Crippen LogP contribution in [0, 0.1) is 5.92 Å². The summed E-state index contributed by atoms with van der Waals surface area (Å²) >= 11 is 0. The van der Waals surface area contributed by atoms with Crippen molar-refractivity contribution >= 4 is 5.97 Å². The maximum absolute atomic E-state index is 10.6. The van der Waals surface area contributed by atoms with Crippen LogP contribution in [-0.2, 0) is 9.53 Å². The highest BCUT2D eigenvalue weighted by Crippen LogP contribution is 2.00. The molecule has 0 aromatic heterocycles. The van der Waals surface area contributed by atoms with Gasteiger partial charge in [-0.25, -0.2) is 0 Å². The van der Waals surface area contributed by atoms with E-state index in [2.05, 4.69) is 13.8 Å². The lowest BCUT2D eigenvalue weighted by molar-refractivity contribution is -0.144. The van der Waals surface area contributed by atoms with Crippen LogP contribution in [0.2, 0.25) is 0 Å². The summed E-state index contributed by atoms with van der Waals surface area (Å²) in [5, 5.41) is 0. The van der Waals surface area contributed by atoms with Crippen molar-refractivity contribution in [2.75, 3.05) is 6.61 Å². The van der Waals surface area contributed by atoms with E-state index in [0.29, 0.717) is 18.9 Å². The smallest absolute Gasteiger partial charge is 0.305 e. The van der Waals surface area contributed by atoms with Gasteiger partial charge in [0.25, 0.3) is 0 Å². The minimum absolute atomic E-state index is 0.0969. The Morgan fingerprint density at radius 1 is 1.50 bits per heavy atom. The van der Waals surface area contributed by atoms with Gasteiger partial charge in [-0.05, 0) is 5.92 Å². The first-order chi connectivity index (χ1) is 4.70. The molecule has 0 aromatic carbocycles. The second kappa shape index (κ2) is 5.27. The molecule has 0 radical (unpaired) electrons. The molecule has 0 spiro atoms. The monoisotopic (exact) mass is 144 g/mol. The van der Waals surface area contributed by atoms with Gasteiger partial charge in [0.1, 0.15) is 0 Å². The van der Waals surface area contributed by atoms with E-state index in [1.165, 1.54) is 0 Å². The molecule has 0 fully saturated rings. The zero-order valence-corrected chi connectivity index (χ0v) is 7.02. The van der Waals surface area contributed by atoms with Crippen LogP contribution < -0.4 is 0 Å². The maximum atomic E-state index is 10.6. The molecule has 0 aliphatic carbocycles. The Hall–Kier alpha value is -0.530. The summed E-state index contributed by atoms with van der Waals surface area (Å²) < 4.78 is 4.90. The number of rotatable bonds is 4. The molecule has 0 heterocycles. The normalized spacial score (nSPS) is 12.7. The summed E-state index contributed by atoms with van der Waals surface area (Å²) in [7, 11) is 0. The molecule has 0 aliphatic heterocycles. The van der Waals surface area contributed by atoms with Crippen LogP contribution in [0.3, 0.4) is 0 Å². The van der Waals surface area contributed by atoms with E-state index in [4.69, 9.17) is 4.74 Å². The topological polar surface area (TPSA) is 26.3 Å². The summed E-state index contributed by atoms with van der Waals surface area (Å²) in [6, 6.07) is 0. The number of esters is 1. The number of carbonyl (C=O) groups is 1. The molecule has 10 heavy (non-hydrogen) atoms. The summed E-state index contributed by atoms with van der Waals surface area (Å²) in [6.45, 7) is 6.54. The molecule has 1 unspecified atom stereocenters. The van der Waals surface area contributed by atoms with Crippen molar-refractivity contribution in [1.82, 2.24) is 0 Å². The van der Waals surface area contributed by atoms with Crippen molar-refractivity contribution < 1.29 is 9.53 Å². The fourth-order valence-electron chi connectivity index (χ4n) is 0.455. The standard InChI is InChI=1S/C8H16O2/c1-4-7(3)6-10-8(9)5-2/h7H,4-6H2,1-3H3. The highest BCUT2D eigenvalue weighted by atomic mass is 16.5. The van der Waals surface area contributed by atoms with Crippen LogP contribution in [0.5, 0.6) is 0 Å². The second-order valence-electron chi connectivity index (χ2n) is 2.55. The zero-order valence-electron chi connectivity index (χ0n) is 7.02. The molecule has 2 heteroatoms. The minimum atomic E-state index is -0.0969. The number of hydrogen-bond donors (Lipinski definition) is 0. The molecule has 0 amide bonds. The van der Waals surface area contributed by atoms with Gasteiger partial charge in [0.05, 0.1) is 6.61 Å². The van der Waals surface area contributed by atoms with E-state index in [-0.39, 0.29) is 5.97 Å². The van der Waals surface area contributed by atoms with Crippen LogP contribution >= 0.6 is 0 Å². The summed E-state index contributed by atoms with van der Waals surface area (Å²) in [5.74, 6) is 0.399. The van der Waals surface area contributed by atoms with Crippen LogP contribution in [-0.4, -0.2) is 12.6 Å². The van der Waals surface area contributed by atoms with Gasteiger partial charge in [-0.15, -0.1) is 0 Å². The van der Waals surface area contributed by atoms with Gasteiger partial charge in [-0.2, -0.15) is 0 Å². The molecule has 0 saturated heterocycles. The van der Waals surface area contributed by atoms with Crippen molar-refractivity contribution in [1.29, 1.82) is 0 Å². The van der Waals surface area contributed by atoms with E-state index in [1.807, 2.05) is 0 Å². The third-order valence-electron chi connectivity index (χ3n) is 1.51. The third kappa shape index (κ3) is 4.36. The van der Waals surface area contributed by atoms with Crippen molar-refractivity contribution in [3.63, 3.8) is 0 Å². The zero-order chi connectivity index (χ0) is 7.98. The molecular formula is C8H16O2. The second-order valence-corrected chi connectivity index (χ2v) is 2.55. The Morgan fingerprint density at radius 2 is 2.10 bits per heavy atom. The van der Waals surface area contributed by atoms with Crippen LogP contribution in [0.4, 0.5) is 0 Å². The molecule has 60 valence electrons. The molecule has 0 bridgehead atoms. The molecule has 1 atom stereocenters. The molecule has 0 saturated carbocycles. The number of hydrogen-bond acceptors (Lipinski definition) is 2. The first-order valence-corrected chi connectivity index (χ1v) is 3.86. The Morgan fingerprint density at radius 3 is 2.50 bits per heavy atom. The fraction of sp³-hybridized carbons (Fsp3) is 0.875. The summed E-state index contributed by atoms with van der Waals surface area (Å²) in [6.07, 6.45) is 1.55. The van der Waals surface area contributed by atoms with E-state index in [9.17, 15) is 4.79 Å². The number of ether oxygens (including phenoxy) is 1. The van der Waals surface area contributed by atoms with Crippen LogP contribution in [0.1, 0.15) is 33.6 Å².